The number of thiocarbonyl (C=S) groups is 1. The van der Waals surface area contributed by atoms with Crippen LogP contribution in [0.4, 0.5) is 5.69 Å². The van der Waals surface area contributed by atoms with Crippen molar-refractivity contribution in [1.82, 2.24) is 24.8 Å². The van der Waals surface area contributed by atoms with E-state index in [9.17, 15) is 4.79 Å². The number of anilines is 1. The molecule has 0 aliphatic carbocycles. The van der Waals surface area contributed by atoms with Gasteiger partial charge in [-0.05, 0) is 80.0 Å². The quantitative estimate of drug-likeness (QED) is 0.299. The van der Waals surface area contributed by atoms with Gasteiger partial charge in [0, 0.05) is 42.4 Å². The van der Waals surface area contributed by atoms with Crippen molar-refractivity contribution in [3.8, 4) is 5.82 Å². The standard InChI is InChI=1S/C30H32N6OS/c1-4-22-11-5-6-12-24(22)33-27(37)15-18-35-29(28(34-30(35)38)25-13-7-9-16-31-25)23-19-20(2)36(21(23)3)26-14-8-10-17-32-26/h5-14,16-17,19,28-29H,4,15,18H2,1-3H3,(H,33,37)(H,34,38)/t28-,29-/m1/s1. The van der Waals surface area contributed by atoms with Crippen LogP contribution >= 0.6 is 12.2 Å². The fourth-order valence-electron chi connectivity index (χ4n) is 5.30. The topological polar surface area (TPSA) is 75.1 Å². The molecule has 0 radical (unpaired) electrons. The van der Waals surface area contributed by atoms with E-state index in [1.807, 2.05) is 60.7 Å². The smallest absolute Gasteiger partial charge is 0.226 e. The number of para-hydroxylation sites is 1. The zero-order chi connectivity index (χ0) is 26.6. The number of benzene rings is 1. The Morgan fingerprint density at radius 1 is 1.03 bits per heavy atom. The van der Waals surface area contributed by atoms with Gasteiger partial charge in [0.2, 0.25) is 5.91 Å². The van der Waals surface area contributed by atoms with Gasteiger partial charge in [-0.25, -0.2) is 4.98 Å². The highest BCUT2D eigenvalue weighted by Gasteiger charge is 2.41. The lowest BCUT2D eigenvalue weighted by molar-refractivity contribution is -0.116. The Bertz CT molecular complexity index is 1440. The number of hydrogen-bond acceptors (Lipinski definition) is 4. The molecule has 0 unspecified atom stereocenters. The number of pyridine rings is 2. The van der Waals surface area contributed by atoms with Crippen LogP contribution < -0.4 is 10.6 Å². The van der Waals surface area contributed by atoms with Crippen molar-refractivity contribution in [2.75, 3.05) is 11.9 Å². The number of nitrogens with one attached hydrogen (secondary N) is 2. The largest absolute Gasteiger partial charge is 0.352 e. The molecule has 0 bridgehead atoms. The summed E-state index contributed by atoms with van der Waals surface area (Å²) in [4.78, 5) is 24.4. The van der Waals surface area contributed by atoms with Gasteiger partial charge in [0.1, 0.15) is 5.82 Å². The van der Waals surface area contributed by atoms with Crippen LogP contribution in [0.2, 0.25) is 0 Å². The fraction of sp³-hybridized carbons (Fsp3) is 0.267. The van der Waals surface area contributed by atoms with Gasteiger partial charge in [0.05, 0.1) is 17.8 Å². The van der Waals surface area contributed by atoms with Gasteiger partial charge < -0.3 is 20.1 Å². The molecule has 0 saturated carbocycles. The number of aromatic nitrogens is 3. The zero-order valence-corrected chi connectivity index (χ0v) is 22.7. The van der Waals surface area contributed by atoms with E-state index in [2.05, 4.69) is 56.9 Å². The zero-order valence-electron chi connectivity index (χ0n) is 21.9. The lowest BCUT2D eigenvalue weighted by Gasteiger charge is -2.28. The first-order valence-corrected chi connectivity index (χ1v) is 13.3. The van der Waals surface area contributed by atoms with Gasteiger partial charge in [0.25, 0.3) is 0 Å². The van der Waals surface area contributed by atoms with E-state index in [0.717, 1.165) is 46.1 Å². The van der Waals surface area contributed by atoms with E-state index in [1.54, 1.807) is 12.4 Å². The van der Waals surface area contributed by atoms with E-state index in [-0.39, 0.29) is 18.0 Å². The Labute approximate surface area is 228 Å². The summed E-state index contributed by atoms with van der Waals surface area (Å²) in [7, 11) is 0. The summed E-state index contributed by atoms with van der Waals surface area (Å²) in [5, 5.41) is 7.20. The normalized spacial score (nSPS) is 16.9. The predicted molar refractivity (Wildman–Crippen MR) is 154 cm³/mol. The van der Waals surface area contributed by atoms with Crippen LogP contribution in [-0.2, 0) is 11.2 Å². The highest BCUT2D eigenvalue weighted by molar-refractivity contribution is 7.80. The molecule has 0 spiro atoms. The van der Waals surface area contributed by atoms with Gasteiger partial charge in [-0.1, -0.05) is 37.3 Å². The number of carbonyl (C=O) groups is 1. The highest BCUT2D eigenvalue weighted by Crippen LogP contribution is 2.41. The maximum absolute atomic E-state index is 13.0. The van der Waals surface area contributed by atoms with Crippen LogP contribution in [0.25, 0.3) is 5.82 Å². The third kappa shape index (κ3) is 5.04. The molecule has 1 aliphatic rings. The summed E-state index contributed by atoms with van der Waals surface area (Å²) in [6, 6.07) is 21.7. The lowest BCUT2D eigenvalue weighted by atomic mass is 9.96. The van der Waals surface area contributed by atoms with E-state index < -0.39 is 0 Å². The minimum atomic E-state index is -0.148. The van der Waals surface area contributed by atoms with Crippen molar-refractivity contribution in [2.24, 2.45) is 0 Å². The Morgan fingerprint density at radius 3 is 2.47 bits per heavy atom. The van der Waals surface area contributed by atoms with Gasteiger partial charge in [0.15, 0.2) is 5.11 Å². The molecule has 1 saturated heterocycles. The highest BCUT2D eigenvalue weighted by atomic mass is 32.1. The first-order valence-electron chi connectivity index (χ1n) is 12.9. The van der Waals surface area contributed by atoms with Gasteiger partial charge >= 0.3 is 0 Å². The van der Waals surface area contributed by atoms with Crippen molar-refractivity contribution in [1.29, 1.82) is 0 Å². The van der Waals surface area contributed by atoms with Crippen LogP contribution in [0.15, 0.2) is 79.1 Å². The number of hydrogen-bond donors (Lipinski definition) is 2. The Hall–Kier alpha value is -4.04. The van der Waals surface area contributed by atoms with Crippen molar-refractivity contribution >= 4 is 28.9 Å². The molecule has 7 nitrogen and oxygen atoms in total. The molecule has 194 valence electrons. The fourth-order valence-corrected chi connectivity index (χ4v) is 5.63. The molecule has 5 rings (SSSR count). The maximum atomic E-state index is 13.0. The Morgan fingerprint density at radius 2 is 1.76 bits per heavy atom. The van der Waals surface area contributed by atoms with Gasteiger partial charge in [-0.15, -0.1) is 0 Å². The monoisotopic (exact) mass is 524 g/mol. The lowest BCUT2D eigenvalue weighted by Crippen LogP contribution is -2.33. The summed E-state index contributed by atoms with van der Waals surface area (Å²) in [5.41, 5.74) is 6.20. The van der Waals surface area contributed by atoms with E-state index in [4.69, 9.17) is 12.2 Å². The minimum Gasteiger partial charge on any atom is -0.352 e. The van der Waals surface area contributed by atoms with Crippen LogP contribution in [0.5, 0.6) is 0 Å². The summed E-state index contributed by atoms with van der Waals surface area (Å²) in [6.07, 6.45) is 4.77. The number of rotatable bonds is 8. The number of amides is 1. The molecule has 2 N–H and O–H groups in total. The summed E-state index contributed by atoms with van der Waals surface area (Å²) >= 11 is 5.83. The molecule has 2 atom stereocenters. The molecule has 8 heteroatoms. The maximum Gasteiger partial charge on any atom is 0.226 e. The van der Waals surface area contributed by atoms with Crippen LogP contribution in [-0.4, -0.2) is 37.0 Å². The molecule has 38 heavy (non-hydrogen) atoms. The number of carbonyl (C=O) groups excluding carboxylic acids is 1. The Kier molecular flexibility index (Phi) is 7.51. The van der Waals surface area contributed by atoms with E-state index >= 15 is 0 Å². The van der Waals surface area contributed by atoms with E-state index in [0.29, 0.717) is 18.1 Å². The first-order chi connectivity index (χ1) is 18.5. The van der Waals surface area contributed by atoms with Crippen molar-refractivity contribution in [3.05, 3.63) is 107 Å². The number of nitrogens with zero attached hydrogens (tertiary/aromatic N) is 4. The van der Waals surface area contributed by atoms with Crippen molar-refractivity contribution in [3.63, 3.8) is 0 Å². The average molecular weight is 525 g/mol. The minimum absolute atomic E-state index is 0.0345. The molecule has 1 aromatic carbocycles. The van der Waals surface area contributed by atoms with Crippen LogP contribution in [0.3, 0.4) is 0 Å². The second-order valence-corrected chi connectivity index (χ2v) is 9.87. The second kappa shape index (κ2) is 11.1. The summed E-state index contributed by atoms with van der Waals surface area (Å²) < 4.78 is 2.17. The van der Waals surface area contributed by atoms with Crippen molar-refractivity contribution in [2.45, 2.75) is 45.7 Å². The predicted octanol–water partition coefficient (Wildman–Crippen LogP) is 5.45. The number of aryl methyl sites for hydroxylation is 2. The molecule has 3 aromatic heterocycles. The first kappa shape index (κ1) is 25.6. The molecular weight excluding hydrogens is 492 g/mol. The Balaban J connectivity index is 1.45. The van der Waals surface area contributed by atoms with Gasteiger partial charge in [-0.3, -0.25) is 9.78 Å². The summed E-state index contributed by atoms with van der Waals surface area (Å²) in [5.74, 6) is 0.838. The molecule has 4 heterocycles. The molecule has 1 fully saturated rings. The summed E-state index contributed by atoms with van der Waals surface area (Å²) in [6.45, 7) is 6.77. The molecule has 1 aliphatic heterocycles. The van der Waals surface area contributed by atoms with E-state index in [1.165, 1.54) is 0 Å². The molecule has 1 amide bonds. The SMILES string of the molecule is CCc1ccccc1NC(=O)CCN1C(=S)N[C@H](c2ccccn2)[C@H]1c1cc(C)n(-c2ccccn2)c1C. The average Bonchev–Trinajstić information content (AvgIpc) is 3.42. The van der Waals surface area contributed by atoms with Gasteiger partial charge in [-0.2, -0.15) is 0 Å². The molecule has 4 aromatic rings. The van der Waals surface area contributed by atoms with Crippen molar-refractivity contribution < 1.29 is 4.79 Å². The third-order valence-corrected chi connectivity index (χ3v) is 7.47. The van der Waals surface area contributed by atoms with Crippen LogP contribution in [0, 0.1) is 13.8 Å². The van der Waals surface area contributed by atoms with Crippen LogP contribution in [0.1, 0.15) is 53.6 Å². The molecular formula is C30H32N6OS. The second-order valence-electron chi connectivity index (χ2n) is 9.48. The third-order valence-electron chi connectivity index (χ3n) is 7.12.